The van der Waals surface area contributed by atoms with Crippen molar-refractivity contribution in [2.24, 2.45) is 0 Å². The summed E-state index contributed by atoms with van der Waals surface area (Å²) in [6.45, 7) is 5.17. The van der Waals surface area contributed by atoms with Gasteiger partial charge in [0, 0.05) is 18.8 Å². The van der Waals surface area contributed by atoms with E-state index in [1.807, 2.05) is 19.9 Å². The predicted octanol–water partition coefficient (Wildman–Crippen LogP) is 1.23. The lowest BCUT2D eigenvalue weighted by molar-refractivity contribution is 0.0790. The fourth-order valence-electron chi connectivity index (χ4n) is 2.20. The van der Waals surface area contributed by atoms with Crippen LogP contribution in [0.5, 0.6) is 0 Å². The normalized spacial score (nSPS) is 15.5. The third-order valence-corrected chi connectivity index (χ3v) is 2.97. The zero-order chi connectivity index (χ0) is 11.7. The molecule has 1 N–H and O–H groups in total. The molecule has 1 aromatic heterocycles. The molecule has 0 aliphatic carbocycles. The van der Waals surface area contributed by atoms with Crippen molar-refractivity contribution in [2.45, 2.75) is 26.7 Å². The molecule has 1 aromatic rings. The molecule has 1 aliphatic heterocycles. The van der Waals surface area contributed by atoms with Crippen LogP contribution in [0.1, 0.15) is 34.5 Å². The molecule has 2 rings (SSSR count). The van der Waals surface area contributed by atoms with E-state index in [2.05, 4.69) is 4.98 Å². The average Bonchev–Trinajstić information content (AvgIpc) is 2.67. The van der Waals surface area contributed by atoms with Gasteiger partial charge in [-0.1, -0.05) is 0 Å². The Morgan fingerprint density at radius 2 is 1.94 bits per heavy atom. The molecule has 1 fully saturated rings. The molecule has 1 saturated heterocycles. The Labute approximate surface area is 94.3 Å². The number of nitrogens with zero attached hydrogens (tertiary/aromatic N) is 1. The summed E-state index contributed by atoms with van der Waals surface area (Å²) >= 11 is 0. The number of hydrogen-bond acceptors (Lipinski definition) is 2. The number of hydrogen-bond donors (Lipinski definition) is 1. The van der Waals surface area contributed by atoms with Gasteiger partial charge in [-0.15, -0.1) is 0 Å². The molecule has 1 aliphatic rings. The van der Waals surface area contributed by atoms with Crippen LogP contribution in [-0.2, 0) is 0 Å². The van der Waals surface area contributed by atoms with Gasteiger partial charge >= 0.3 is 0 Å². The Hall–Kier alpha value is -1.58. The molecule has 86 valence electrons. The maximum absolute atomic E-state index is 12.1. The van der Waals surface area contributed by atoms with E-state index in [0.29, 0.717) is 5.56 Å². The van der Waals surface area contributed by atoms with Crippen molar-refractivity contribution in [2.75, 3.05) is 13.1 Å². The first-order valence-corrected chi connectivity index (χ1v) is 5.59. The minimum absolute atomic E-state index is 0.128. The molecule has 0 atom stereocenters. The zero-order valence-electron chi connectivity index (χ0n) is 9.67. The number of carbonyl (C=O) groups is 1. The van der Waals surface area contributed by atoms with Crippen LogP contribution in [-0.4, -0.2) is 28.9 Å². The number of pyridine rings is 1. The summed E-state index contributed by atoms with van der Waals surface area (Å²) in [4.78, 5) is 28.3. The monoisotopic (exact) mass is 220 g/mol. The Bertz CT molecular complexity index is 470. The topological polar surface area (TPSA) is 53.2 Å². The summed E-state index contributed by atoms with van der Waals surface area (Å²) < 4.78 is 0. The molecule has 1 amide bonds. The van der Waals surface area contributed by atoms with Crippen molar-refractivity contribution in [1.82, 2.24) is 9.88 Å². The van der Waals surface area contributed by atoms with Gasteiger partial charge in [-0.05, 0) is 38.3 Å². The van der Waals surface area contributed by atoms with E-state index in [1.54, 1.807) is 4.90 Å². The number of amides is 1. The van der Waals surface area contributed by atoms with E-state index in [-0.39, 0.29) is 11.5 Å². The van der Waals surface area contributed by atoms with E-state index in [9.17, 15) is 9.59 Å². The van der Waals surface area contributed by atoms with Gasteiger partial charge in [-0.25, -0.2) is 0 Å². The van der Waals surface area contributed by atoms with Gasteiger partial charge in [-0.3, -0.25) is 9.59 Å². The average molecular weight is 220 g/mol. The number of aromatic nitrogens is 1. The van der Waals surface area contributed by atoms with Crippen molar-refractivity contribution >= 4 is 5.91 Å². The minimum atomic E-state index is -0.269. The molecular weight excluding hydrogens is 204 g/mol. The molecular formula is C12H16N2O2. The highest BCUT2D eigenvalue weighted by atomic mass is 16.2. The van der Waals surface area contributed by atoms with Gasteiger partial charge in [0.25, 0.3) is 11.5 Å². The van der Waals surface area contributed by atoms with E-state index in [1.165, 1.54) is 0 Å². The van der Waals surface area contributed by atoms with Gasteiger partial charge in [-0.2, -0.15) is 0 Å². The number of carbonyl (C=O) groups excluding carboxylic acids is 1. The van der Waals surface area contributed by atoms with Crippen molar-refractivity contribution in [3.63, 3.8) is 0 Å². The van der Waals surface area contributed by atoms with Gasteiger partial charge in [0.05, 0.1) is 0 Å². The van der Waals surface area contributed by atoms with Crippen LogP contribution in [0, 0.1) is 13.8 Å². The number of rotatable bonds is 1. The van der Waals surface area contributed by atoms with Crippen LogP contribution < -0.4 is 5.56 Å². The third-order valence-electron chi connectivity index (χ3n) is 2.97. The second kappa shape index (κ2) is 4.12. The van der Waals surface area contributed by atoms with Crippen LogP contribution in [0.2, 0.25) is 0 Å². The molecule has 4 heteroatoms. The fraction of sp³-hybridized carbons (Fsp3) is 0.500. The molecule has 16 heavy (non-hydrogen) atoms. The highest BCUT2D eigenvalue weighted by molar-refractivity contribution is 5.95. The number of nitrogens with one attached hydrogen (secondary N) is 1. The Morgan fingerprint density at radius 3 is 2.50 bits per heavy atom. The third kappa shape index (κ3) is 1.87. The Balaban J connectivity index is 2.40. The van der Waals surface area contributed by atoms with Crippen LogP contribution in [0.4, 0.5) is 0 Å². The Morgan fingerprint density at radius 1 is 1.31 bits per heavy atom. The number of aromatic amines is 1. The number of H-pyrrole nitrogens is 1. The molecule has 0 aromatic carbocycles. The molecule has 0 spiro atoms. The molecule has 4 nitrogen and oxygen atoms in total. The molecule has 0 radical (unpaired) electrons. The first kappa shape index (κ1) is 10.9. The predicted molar refractivity (Wildman–Crippen MR) is 61.7 cm³/mol. The van der Waals surface area contributed by atoms with E-state index < -0.39 is 0 Å². The lowest BCUT2D eigenvalue weighted by Gasteiger charge is -2.16. The standard InChI is InChI=1S/C12H16N2O2/c1-8-7-9(2)13-11(15)10(8)12(16)14-5-3-4-6-14/h7H,3-6H2,1-2H3,(H,13,15). The second-order valence-electron chi connectivity index (χ2n) is 4.34. The summed E-state index contributed by atoms with van der Waals surface area (Å²) in [6, 6.07) is 1.84. The van der Waals surface area contributed by atoms with Crippen LogP contribution in [0.25, 0.3) is 0 Å². The van der Waals surface area contributed by atoms with Crippen LogP contribution in [0.3, 0.4) is 0 Å². The van der Waals surface area contributed by atoms with E-state index in [0.717, 1.165) is 37.2 Å². The lowest BCUT2D eigenvalue weighted by atomic mass is 10.1. The van der Waals surface area contributed by atoms with Gasteiger partial charge in [0.15, 0.2) is 0 Å². The smallest absolute Gasteiger partial charge is 0.261 e. The van der Waals surface area contributed by atoms with E-state index >= 15 is 0 Å². The van der Waals surface area contributed by atoms with Gasteiger partial charge in [0.2, 0.25) is 0 Å². The largest absolute Gasteiger partial charge is 0.338 e. The fourth-order valence-corrected chi connectivity index (χ4v) is 2.20. The van der Waals surface area contributed by atoms with Gasteiger partial charge < -0.3 is 9.88 Å². The molecule has 0 bridgehead atoms. The maximum atomic E-state index is 12.1. The summed E-state index contributed by atoms with van der Waals surface area (Å²) in [5, 5.41) is 0. The molecule has 0 unspecified atom stereocenters. The van der Waals surface area contributed by atoms with Crippen molar-refractivity contribution in [3.8, 4) is 0 Å². The highest BCUT2D eigenvalue weighted by Gasteiger charge is 2.23. The second-order valence-corrected chi connectivity index (χ2v) is 4.34. The van der Waals surface area contributed by atoms with E-state index in [4.69, 9.17) is 0 Å². The summed E-state index contributed by atoms with van der Waals surface area (Å²) in [5.74, 6) is -0.128. The van der Waals surface area contributed by atoms with Crippen LogP contribution in [0.15, 0.2) is 10.9 Å². The number of aryl methyl sites for hydroxylation is 2. The zero-order valence-corrected chi connectivity index (χ0v) is 9.67. The SMILES string of the molecule is Cc1cc(C)c(C(=O)N2CCCC2)c(=O)[nH]1. The van der Waals surface area contributed by atoms with Crippen molar-refractivity contribution < 1.29 is 4.79 Å². The lowest BCUT2D eigenvalue weighted by Crippen LogP contribution is -2.33. The van der Waals surface area contributed by atoms with Gasteiger partial charge in [0.1, 0.15) is 5.56 Å². The molecule has 0 saturated carbocycles. The summed E-state index contributed by atoms with van der Waals surface area (Å²) in [7, 11) is 0. The Kier molecular flexibility index (Phi) is 2.81. The minimum Gasteiger partial charge on any atom is -0.338 e. The van der Waals surface area contributed by atoms with Crippen molar-refractivity contribution in [3.05, 3.63) is 33.2 Å². The quantitative estimate of drug-likeness (QED) is 0.773. The van der Waals surface area contributed by atoms with Crippen molar-refractivity contribution in [1.29, 1.82) is 0 Å². The molecule has 2 heterocycles. The maximum Gasteiger partial charge on any atom is 0.261 e. The first-order valence-electron chi connectivity index (χ1n) is 5.59. The summed E-state index contributed by atoms with van der Waals surface area (Å²) in [5.41, 5.74) is 1.58. The highest BCUT2D eigenvalue weighted by Crippen LogP contribution is 2.13. The summed E-state index contributed by atoms with van der Waals surface area (Å²) in [6.07, 6.45) is 2.07. The number of likely N-dealkylation sites (tertiary alicyclic amines) is 1. The first-order chi connectivity index (χ1) is 7.59. The van der Waals surface area contributed by atoms with Crippen LogP contribution >= 0.6 is 0 Å².